The summed E-state index contributed by atoms with van der Waals surface area (Å²) in [5, 5.41) is 0.291. The van der Waals surface area contributed by atoms with Crippen LogP contribution in [0.1, 0.15) is 10.4 Å². The number of carbonyl (C=O) groups excluding carboxylic acids is 1. The van der Waals surface area contributed by atoms with Crippen LogP contribution in [0.15, 0.2) is 36.5 Å². The zero-order valence-corrected chi connectivity index (χ0v) is 11.3. The molecule has 1 heterocycles. The Morgan fingerprint density at radius 3 is 2.53 bits per heavy atom. The van der Waals surface area contributed by atoms with E-state index < -0.39 is 5.82 Å². The Balaban J connectivity index is 2.41. The number of halogens is 2. The summed E-state index contributed by atoms with van der Waals surface area (Å²) in [5.74, 6) is -0.592. The highest BCUT2D eigenvalue weighted by Crippen LogP contribution is 2.28. The first kappa shape index (κ1) is 13.5. The van der Waals surface area contributed by atoms with E-state index in [0.29, 0.717) is 16.3 Å². The molecule has 0 saturated heterocycles. The summed E-state index contributed by atoms with van der Waals surface area (Å²) in [6, 6.07) is 7.64. The van der Waals surface area contributed by atoms with Crippen LogP contribution in [0.25, 0.3) is 11.3 Å². The minimum absolute atomic E-state index is 0.154. The van der Waals surface area contributed by atoms with Gasteiger partial charge in [0.2, 0.25) is 0 Å². The van der Waals surface area contributed by atoms with E-state index in [2.05, 4.69) is 4.98 Å². The summed E-state index contributed by atoms with van der Waals surface area (Å²) >= 11 is 5.96. The van der Waals surface area contributed by atoms with Crippen molar-refractivity contribution in [1.29, 1.82) is 0 Å². The topological polar surface area (TPSA) is 33.2 Å². The molecule has 19 heavy (non-hydrogen) atoms. The van der Waals surface area contributed by atoms with Gasteiger partial charge in [0.1, 0.15) is 5.82 Å². The summed E-state index contributed by atoms with van der Waals surface area (Å²) in [4.78, 5) is 17.3. The lowest BCUT2D eigenvalue weighted by Crippen LogP contribution is -2.21. The maximum absolute atomic E-state index is 13.7. The fourth-order valence-corrected chi connectivity index (χ4v) is 1.93. The van der Waals surface area contributed by atoms with Gasteiger partial charge in [-0.1, -0.05) is 17.7 Å². The van der Waals surface area contributed by atoms with Crippen molar-refractivity contribution in [2.45, 2.75) is 0 Å². The smallest absolute Gasteiger partial charge is 0.254 e. The van der Waals surface area contributed by atoms with E-state index in [4.69, 9.17) is 11.6 Å². The number of carbonyl (C=O) groups is 1. The number of amides is 1. The molecule has 1 amide bonds. The second-order valence-corrected chi connectivity index (χ2v) is 4.64. The van der Waals surface area contributed by atoms with E-state index in [-0.39, 0.29) is 11.5 Å². The van der Waals surface area contributed by atoms with Crippen molar-refractivity contribution in [3.05, 3.63) is 52.9 Å². The number of benzene rings is 1. The largest absolute Gasteiger partial charge is 0.345 e. The molecule has 2 rings (SSSR count). The fraction of sp³-hybridized carbons (Fsp3) is 0.143. The molecule has 2 aromatic rings. The van der Waals surface area contributed by atoms with Crippen LogP contribution >= 0.6 is 11.6 Å². The summed E-state index contributed by atoms with van der Waals surface area (Å²) < 4.78 is 13.7. The third kappa shape index (κ3) is 2.74. The molecule has 0 aliphatic heterocycles. The zero-order chi connectivity index (χ0) is 14.0. The van der Waals surface area contributed by atoms with Crippen LogP contribution in [0.2, 0.25) is 5.02 Å². The molecule has 0 bridgehead atoms. The lowest BCUT2D eigenvalue weighted by Gasteiger charge is -2.10. The van der Waals surface area contributed by atoms with Crippen molar-refractivity contribution in [2.75, 3.05) is 14.1 Å². The van der Waals surface area contributed by atoms with Gasteiger partial charge in [-0.05, 0) is 24.3 Å². The highest BCUT2D eigenvalue weighted by Gasteiger charge is 2.13. The van der Waals surface area contributed by atoms with E-state index in [0.717, 1.165) is 0 Å². The van der Waals surface area contributed by atoms with Crippen molar-refractivity contribution in [1.82, 2.24) is 9.88 Å². The maximum atomic E-state index is 13.7. The van der Waals surface area contributed by atoms with Crippen LogP contribution in [-0.4, -0.2) is 29.9 Å². The molecule has 0 atom stereocenters. The van der Waals surface area contributed by atoms with Gasteiger partial charge < -0.3 is 4.90 Å². The number of aromatic nitrogens is 1. The van der Waals surface area contributed by atoms with Crippen molar-refractivity contribution >= 4 is 17.5 Å². The van der Waals surface area contributed by atoms with Gasteiger partial charge in [0.05, 0.1) is 21.8 Å². The summed E-state index contributed by atoms with van der Waals surface area (Å²) in [6.45, 7) is 0. The number of nitrogens with zero attached hydrogens (tertiary/aromatic N) is 2. The molecule has 0 aliphatic carbocycles. The molecule has 98 valence electrons. The van der Waals surface area contributed by atoms with Crippen LogP contribution < -0.4 is 0 Å². The van der Waals surface area contributed by atoms with Gasteiger partial charge in [-0.15, -0.1) is 0 Å². The van der Waals surface area contributed by atoms with Gasteiger partial charge in [-0.3, -0.25) is 9.78 Å². The molecule has 5 heteroatoms. The molecule has 0 spiro atoms. The first-order chi connectivity index (χ1) is 9.00. The molecule has 0 aliphatic rings. The minimum atomic E-state index is -0.438. The van der Waals surface area contributed by atoms with E-state index in [9.17, 15) is 9.18 Å². The summed E-state index contributed by atoms with van der Waals surface area (Å²) in [5.41, 5.74) is 1.09. The highest BCUT2D eigenvalue weighted by molar-refractivity contribution is 6.33. The molecular weight excluding hydrogens is 267 g/mol. The van der Waals surface area contributed by atoms with Crippen LogP contribution in [0.3, 0.4) is 0 Å². The van der Waals surface area contributed by atoms with Gasteiger partial charge in [0, 0.05) is 20.3 Å². The van der Waals surface area contributed by atoms with E-state index >= 15 is 0 Å². The number of pyridine rings is 1. The number of rotatable bonds is 2. The minimum Gasteiger partial charge on any atom is -0.345 e. The first-order valence-electron chi connectivity index (χ1n) is 5.63. The average molecular weight is 279 g/mol. The van der Waals surface area contributed by atoms with Crippen molar-refractivity contribution in [2.24, 2.45) is 0 Å². The normalized spacial score (nSPS) is 10.3. The maximum Gasteiger partial charge on any atom is 0.254 e. The van der Waals surface area contributed by atoms with Crippen LogP contribution in [0.4, 0.5) is 4.39 Å². The van der Waals surface area contributed by atoms with Crippen LogP contribution in [-0.2, 0) is 0 Å². The third-order valence-corrected chi connectivity index (χ3v) is 2.95. The predicted octanol–water partition coefficient (Wildman–Crippen LogP) is 3.24. The van der Waals surface area contributed by atoms with Gasteiger partial charge in [0.25, 0.3) is 5.91 Å². The lowest BCUT2D eigenvalue weighted by atomic mass is 10.1. The third-order valence-electron chi connectivity index (χ3n) is 2.64. The van der Waals surface area contributed by atoms with E-state index in [1.54, 1.807) is 32.3 Å². The molecule has 0 unspecified atom stereocenters. The van der Waals surface area contributed by atoms with Gasteiger partial charge in [0.15, 0.2) is 0 Å². The Bertz CT molecular complexity index is 591. The molecule has 0 N–H and O–H groups in total. The van der Waals surface area contributed by atoms with Crippen molar-refractivity contribution in [3.63, 3.8) is 0 Å². The number of hydrogen-bond acceptors (Lipinski definition) is 2. The Morgan fingerprint density at radius 1 is 1.26 bits per heavy atom. The Labute approximate surface area is 115 Å². The molecular formula is C14H12ClFN2O. The van der Waals surface area contributed by atoms with E-state index in [1.807, 2.05) is 0 Å². The van der Waals surface area contributed by atoms with E-state index in [1.165, 1.54) is 23.2 Å². The van der Waals surface area contributed by atoms with Gasteiger partial charge in [-0.25, -0.2) is 4.39 Å². The van der Waals surface area contributed by atoms with Crippen LogP contribution in [0.5, 0.6) is 0 Å². The molecule has 0 saturated carbocycles. The Morgan fingerprint density at radius 2 is 2.00 bits per heavy atom. The molecule has 0 radical (unpaired) electrons. The molecule has 1 aromatic carbocycles. The molecule has 3 nitrogen and oxygen atoms in total. The molecule has 1 aromatic heterocycles. The quantitative estimate of drug-likeness (QED) is 0.845. The standard InChI is InChI=1S/C14H12ClFN2O/c1-18(2)14(19)9-6-7-12(17-8-9)13-10(15)4-3-5-11(13)16/h3-8H,1-2H3. The Hall–Kier alpha value is -1.94. The van der Waals surface area contributed by atoms with Crippen molar-refractivity contribution in [3.8, 4) is 11.3 Å². The SMILES string of the molecule is CN(C)C(=O)c1ccc(-c2c(F)cccc2Cl)nc1. The van der Waals surface area contributed by atoms with Gasteiger partial charge in [-0.2, -0.15) is 0 Å². The molecule has 0 fully saturated rings. The number of hydrogen-bond donors (Lipinski definition) is 0. The second-order valence-electron chi connectivity index (χ2n) is 4.23. The average Bonchev–Trinajstić information content (AvgIpc) is 2.38. The zero-order valence-electron chi connectivity index (χ0n) is 10.5. The fourth-order valence-electron chi connectivity index (χ4n) is 1.67. The summed E-state index contributed by atoms with van der Waals surface area (Å²) in [7, 11) is 3.31. The second kappa shape index (κ2) is 5.36. The van der Waals surface area contributed by atoms with Crippen molar-refractivity contribution < 1.29 is 9.18 Å². The van der Waals surface area contributed by atoms with Crippen LogP contribution in [0, 0.1) is 5.82 Å². The predicted molar refractivity (Wildman–Crippen MR) is 72.7 cm³/mol. The lowest BCUT2D eigenvalue weighted by molar-refractivity contribution is 0.0827. The first-order valence-corrected chi connectivity index (χ1v) is 6.00. The Kier molecular flexibility index (Phi) is 3.81. The highest BCUT2D eigenvalue weighted by atomic mass is 35.5. The van der Waals surface area contributed by atoms with Gasteiger partial charge >= 0.3 is 0 Å². The monoisotopic (exact) mass is 278 g/mol. The summed E-state index contributed by atoms with van der Waals surface area (Å²) in [6.07, 6.45) is 1.42.